The fourth-order valence-electron chi connectivity index (χ4n) is 1.18. The van der Waals surface area contributed by atoms with E-state index in [1.165, 1.54) is 12.1 Å². The second-order valence-electron chi connectivity index (χ2n) is 3.14. The van der Waals surface area contributed by atoms with Crippen LogP contribution < -0.4 is 5.32 Å². The summed E-state index contributed by atoms with van der Waals surface area (Å²) < 4.78 is 0. The average Bonchev–Trinajstić information content (AvgIpc) is 2.20. The summed E-state index contributed by atoms with van der Waals surface area (Å²) in [6, 6.07) is 4.73. The van der Waals surface area contributed by atoms with Crippen LogP contribution in [0, 0.1) is 29.4 Å². The molecule has 0 unspecified atom stereocenters. The number of terminal acetylenes is 1. The van der Waals surface area contributed by atoms with Gasteiger partial charge in [0.15, 0.2) is 0 Å². The number of rotatable bonds is 4. The van der Waals surface area contributed by atoms with Crippen LogP contribution in [0.15, 0.2) is 18.2 Å². The Morgan fingerprint density at radius 3 is 2.93 bits per heavy atom. The lowest BCUT2D eigenvalue weighted by molar-refractivity contribution is -0.384. The van der Waals surface area contributed by atoms with Gasteiger partial charge in [-0.3, -0.25) is 10.1 Å². The predicted octanol–water partition coefficient (Wildman–Crippen LogP) is 2.34. The van der Waals surface area contributed by atoms with Crippen molar-refractivity contribution in [2.45, 2.75) is 13.3 Å². The molecule has 15 heavy (non-hydrogen) atoms. The monoisotopic (exact) mass is 204 g/mol. The highest BCUT2D eigenvalue weighted by Crippen LogP contribution is 2.21. The lowest BCUT2D eigenvalue weighted by atomic mass is 10.2. The summed E-state index contributed by atoms with van der Waals surface area (Å²) in [5, 5.41) is 13.6. The number of hydrogen-bond acceptors (Lipinski definition) is 3. The molecule has 4 heteroatoms. The minimum Gasteiger partial charge on any atom is -0.384 e. The molecule has 0 heterocycles. The highest BCUT2D eigenvalue weighted by atomic mass is 16.6. The molecular formula is C11H12N2O2. The molecule has 0 aliphatic rings. The Kier molecular flexibility index (Phi) is 3.69. The normalized spacial score (nSPS) is 9.33. The number of aryl methyl sites for hydroxylation is 1. The maximum Gasteiger partial charge on any atom is 0.271 e. The van der Waals surface area contributed by atoms with Gasteiger partial charge in [0.2, 0.25) is 0 Å². The third-order valence-electron chi connectivity index (χ3n) is 2.02. The lowest BCUT2D eigenvalue weighted by Crippen LogP contribution is -2.02. The zero-order valence-electron chi connectivity index (χ0n) is 8.49. The molecule has 78 valence electrons. The zero-order chi connectivity index (χ0) is 11.3. The number of benzene rings is 1. The number of nitro benzene ring substituents is 1. The van der Waals surface area contributed by atoms with Crippen LogP contribution in [-0.2, 0) is 0 Å². The molecule has 0 saturated heterocycles. The minimum absolute atomic E-state index is 0.0869. The van der Waals surface area contributed by atoms with Crippen molar-refractivity contribution >= 4 is 11.4 Å². The van der Waals surface area contributed by atoms with Gasteiger partial charge in [-0.1, -0.05) is 6.07 Å². The highest BCUT2D eigenvalue weighted by Gasteiger charge is 2.07. The van der Waals surface area contributed by atoms with Gasteiger partial charge < -0.3 is 5.32 Å². The van der Waals surface area contributed by atoms with Crippen LogP contribution in [0.3, 0.4) is 0 Å². The number of nitrogens with one attached hydrogen (secondary N) is 1. The minimum atomic E-state index is -0.411. The number of non-ortho nitro benzene ring substituents is 1. The van der Waals surface area contributed by atoms with Gasteiger partial charge in [-0.15, -0.1) is 12.3 Å². The Hall–Kier alpha value is -2.02. The summed E-state index contributed by atoms with van der Waals surface area (Å²) >= 11 is 0. The van der Waals surface area contributed by atoms with Gasteiger partial charge in [0.1, 0.15) is 0 Å². The molecule has 1 rings (SSSR count). The lowest BCUT2D eigenvalue weighted by Gasteiger charge is -2.07. The number of anilines is 1. The van der Waals surface area contributed by atoms with E-state index in [4.69, 9.17) is 6.42 Å². The molecule has 0 fully saturated rings. The largest absolute Gasteiger partial charge is 0.384 e. The van der Waals surface area contributed by atoms with Crippen molar-refractivity contribution in [1.82, 2.24) is 0 Å². The number of nitro groups is 1. The van der Waals surface area contributed by atoms with E-state index in [2.05, 4.69) is 11.2 Å². The van der Waals surface area contributed by atoms with Crippen molar-refractivity contribution in [2.75, 3.05) is 11.9 Å². The third kappa shape index (κ3) is 2.99. The molecule has 1 N–H and O–H groups in total. The van der Waals surface area contributed by atoms with Crippen LogP contribution in [0.2, 0.25) is 0 Å². The highest BCUT2D eigenvalue weighted by molar-refractivity contribution is 5.56. The molecule has 0 aliphatic heterocycles. The summed E-state index contributed by atoms with van der Waals surface area (Å²) in [6.45, 7) is 2.51. The van der Waals surface area contributed by atoms with Crippen molar-refractivity contribution in [3.8, 4) is 12.3 Å². The maximum absolute atomic E-state index is 10.5. The standard InChI is InChI=1S/C11H12N2O2/c1-3-4-7-12-11-8-10(13(14)15)6-5-9(11)2/h1,5-6,8,12H,4,7H2,2H3. The van der Waals surface area contributed by atoms with E-state index in [-0.39, 0.29) is 5.69 Å². The second-order valence-corrected chi connectivity index (χ2v) is 3.14. The Balaban J connectivity index is 2.82. The van der Waals surface area contributed by atoms with Gasteiger partial charge in [0.05, 0.1) is 4.92 Å². The Morgan fingerprint density at radius 1 is 1.60 bits per heavy atom. The first-order valence-electron chi connectivity index (χ1n) is 4.57. The topological polar surface area (TPSA) is 55.2 Å². The molecule has 0 amide bonds. The van der Waals surface area contributed by atoms with E-state index in [0.717, 1.165) is 11.3 Å². The summed E-state index contributed by atoms with van der Waals surface area (Å²) in [7, 11) is 0. The first-order valence-corrected chi connectivity index (χ1v) is 4.57. The SMILES string of the molecule is C#CCCNc1cc([N+](=O)[O-])ccc1C. The van der Waals surface area contributed by atoms with E-state index in [9.17, 15) is 10.1 Å². The maximum atomic E-state index is 10.5. The molecule has 0 atom stereocenters. The van der Waals surface area contributed by atoms with E-state index < -0.39 is 4.92 Å². The van der Waals surface area contributed by atoms with E-state index in [0.29, 0.717) is 13.0 Å². The van der Waals surface area contributed by atoms with Crippen LogP contribution >= 0.6 is 0 Å². The van der Waals surface area contributed by atoms with Gasteiger partial charge in [-0.25, -0.2) is 0 Å². The van der Waals surface area contributed by atoms with Crippen LogP contribution in [0.5, 0.6) is 0 Å². The zero-order valence-corrected chi connectivity index (χ0v) is 8.49. The smallest absolute Gasteiger partial charge is 0.271 e. The molecule has 0 saturated carbocycles. The van der Waals surface area contributed by atoms with Crippen molar-refractivity contribution in [1.29, 1.82) is 0 Å². The Morgan fingerprint density at radius 2 is 2.33 bits per heavy atom. The fraction of sp³-hybridized carbons (Fsp3) is 0.273. The van der Waals surface area contributed by atoms with Crippen LogP contribution in [0.25, 0.3) is 0 Å². The van der Waals surface area contributed by atoms with Crippen LogP contribution in [0.1, 0.15) is 12.0 Å². The van der Waals surface area contributed by atoms with Gasteiger partial charge in [0.25, 0.3) is 5.69 Å². The quantitative estimate of drug-likeness (QED) is 0.354. The van der Waals surface area contributed by atoms with Crippen molar-refractivity contribution in [2.24, 2.45) is 0 Å². The molecule has 0 bridgehead atoms. The average molecular weight is 204 g/mol. The summed E-state index contributed by atoms with van der Waals surface area (Å²) in [5.41, 5.74) is 1.82. The van der Waals surface area contributed by atoms with Crippen LogP contribution in [-0.4, -0.2) is 11.5 Å². The summed E-state index contributed by atoms with van der Waals surface area (Å²) in [5.74, 6) is 2.50. The molecular weight excluding hydrogens is 192 g/mol. The van der Waals surface area contributed by atoms with Crippen molar-refractivity contribution in [3.63, 3.8) is 0 Å². The second kappa shape index (κ2) is 5.01. The van der Waals surface area contributed by atoms with E-state index >= 15 is 0 Å². The molecule has 0 aromatic heterocycles. The molecule has 1 aromatic carbocycles. The van der Waals surface area contributed by atoms with E-state index in [1.54, 1.807) is 6.07 Å². The summed E-state index contributed by atoms with van der Waals surface area (Å²) in [6.07, 6.45) is 5.71. The van der Waals surface area contributed by atoms with Gasteiger partial charge in [-0.2, -0.15) is 0 Å². The first kappa shape index (κ1) is 11.1. The number of hydrogen-bond donors (Lipinski definition) is 1. The fourth-order valence-corrected chi connectivity index (χ4v) is 1.18. The third-order valence-corrected chi connectivity index (χ3v) is 2.02. The molecule has 0 radical (unpaired) electrons. The molecule has 1 aromatic rings. The van der Waals surface area contributed by atoms with Gasteiger partial charge in [-0.05, 0) is 12.5 Å². The van der Waals surface area contributed by atoms with Crippen molar-refractivity contribution < 1.29 is 4.92 Å². The first-order chi connectivity index (χ1) is 7.15. The molecule has 0 spiro atoms. The van der Waals surface area contributed by atoms with Gasteiger partial charge in [0, 0.05) is 30.8 Å². The Bertz CT molecular complexity index is 408. The van der Waals surface area contributed by atoms with Gasteiger partial charge >= 0.3 is 0 Å². The predicted molar refractivity (Wildman–Crippen MR) is 59.8 cm³/mol. The molecule has 0 aliphatic carbocycles. The van der Waals surface area contributed by atoms with E-state index in [1.807, 2.05) is 6.92 Å². The summed E-state index contributed by atoms with van der Waals surface area (Å²) in [4.78, 5) is 10.1. The van der Waals surface area contributed by atoms with Crippen LogP contribution in [0.4, 0.5) is 11.4 Å². The van der Waals surface area contributed by atoms with Crippen molar-refractivity contribution in [3.05, 3.63) is 33.9 Å². The Labute approximate surface area is 88.5 Å². The molecule has 4 nitrogen and oxygen atoms in total. The number of nitrogens with zero attached hydrogens (tertiary/aromatic N) is 1.